The fourth-order valence-corrected chi connectivity index (χ4v) is 3.65. The maximum Gasteiger partial charge on any atom is 0.267 e. The summed E-state index contributed by atoms with van der Waals surface area (Å²) in [5.74, 6) is -0.600. The maximum atomic E-state index is 13.5. The molecule has 0 saturated heterocycles. The van der Waals surface area contributed by atoms with Crippen LogP contribution in [0.15, 0.2) is 35.0 Å². The molecule has 0 aliphatic rings. The van der Waals surface area contributed by atoms with Gasteiger partial charge in [0.15, 0.2) is 0 Å². The summed E-state index contributed by atoms with van der Waals surface area (Å²) in [5, 5.41) is 7.51. The summed E-state index contributed by atoms with van der Waals surface area (Å²) >= 11 is 2.93. The van der Waals surface area contributed by atoms with E-state index in [9.17, 15) is 9.18 Å². The molecule has 112 valence electrons. The van der Waals surface area contributed by atoms with Crippen LogP contribution in [0, 0.1) is 19.7 Å². The quantitative estimate of drug-likeness (QED) is 0.743. The number of rotatable bonds is 3. The number of amides is 1. The normalized spacial score (nSPS) is 10.7. The number of aryl methyl sites for hydroxylation is 2. The van der Waals surface area contributed by atoms with Crippen molar-refractivity contribution in [3.05, 3.63) is 57.0 Å². The van der Waals surface area contributed by atoms with Gasteiger partial charge in [-0.05, 0) is 43.0 Å². The van der Waals surface area contributed by atoms with Crippen LogP contribution in [0.2, 0.25) is 0 Å². The number of thiophene rings is 1. The number of thiazole rings is 1. The number of anilines is 1. The molecular formula is C16H13FN2OS2. The second kappa shape index (κ2) is 5.98. The molecule has 0 spiro atoms. The Labute approximate surface area is 135 Å². The Bertz CT molecular complexity index is 825. The number of benzene rings is 1. The van der Waals surface area contributed by atoms with Gasteiger partial charge in [-0.25, -0.2) is 9.37 Å². The van der Waals surface area contributed by atoms with E-state index < -0.39 is 0 Å². The van der Waals surface area contributed by atoms with E-state index in [1.54, 1.807) is 37.3 Å². The van der Waals surface area contributed by atoms with Crippen LogP contribution in [0.1, 0.15) is 20.9 Å². The van der Waals surface area contributed by atoms with Gasteiger partial charge in [-0.3, -0.25) is 4.79 Å². The molecule has 0 fully saturated rings. The molecule has 0 saturated carbocycles. The number of halogens is 1. The molecule has 3 aromatic rings. The van der Waals surface area contributed by atoms with E-state index in [1.807, 2.05) is 16.8 Å². The van der Waals surface area contributed by atoms with Crippen LogP contribution in [0.25, 0.3) is 10.6 Å². The molecular weight excluding hydrogens is 319 g/mol. The minimum Gasteiger partial charge on any atom is -0.321 e. The average Bonchev–Trinajstić information content (AvgIpc) is 3.12. The first kappa shape index (κ1) is 14.9. The van der Waals surface area contributed by atoms with E-state index in [0.29, 0.717) is 21.8 Å². The minimum absolute atomic E-state index is 0.264. The van der Waals surface area contributed by atoms with Crippen LogP contribution in [-0.2, 0) is 0 Å². The van der Waals surface area contributed by atoms with Gasteiger partial charge >= 0.3 is 0 Å². The van der Waals surface area contributed by atoms with E-state index in [-0.39, 0.29) is 11.7 Å². The molecule has 0 radical (unpaired) electrons. The number of hydrogen-bond acceptors (Lipinski definition) is 4. The smallest absolute Gasteiger partial charge is 0.267 e. The lowest BCUT2D eigenvalue weighted by Gasteiger charge is -2.05. The van der Waals surface area contributed by atoms with Gasteiger partial charge in [0, 0.05) is 16.6 Å². The summed E-state index contributed by atoms with van der Waals surface area (Å²) in [6.07, 6.45) is 0. The number of nitrogens with one attached hydrogen (secondary N) is 1. The van der Waals surface area contributed by atoms with Crippen molar-refractivity contribution < 1.29 is 9.18 Å². The number of aromatic nitrogens is 1. The number of carbonyl (C=O) groups is 1. The topological polar surface area (TPSA) is 42.0 Å². The lowest BCUT2D eigenvalue weighted by molar-refractivity contribution is 0.103. The van der Waals surface area contributed by atoms with Gasteiger partial charge in [0.1, 0.15) is 15.7 Å². The van der Waals surface area contributed by atoms with Crippen molar-refractivity contribution in [2.24, 2.45) is 0 Å². The van der Waals surface area contributed by atoms with Gasteiger partial charge in [0.2, 0.25) is 0 Å². The van der Waals surface area contributed by atoms with E-state index in [2.05, 4.69) is 10.3 Å². The lowest BCUT2D eigenvalue weighted by atomic mass is 10.2. The van der Waals surface area contributed by atoms with Crippen LogP contribution in [0.4, 0.5) is 10.1 Å². The zero-order valence-electron chi connectivity index (χ0n) is 12.0. The van der Waals surface area contributed by atoms with Gasteiger partial charge in [-0.15, -0.1) is 11.3 Å². The Balaban J connectivity index is 1.84. The van der Waals surface area contributed by atoms with Gasteiger partial charge in [-0.2, -0.15) is 11.3 Å². The third-order valence-electron chi connectivity index (χ3n) is 3.20. The molecule has 1 aromatic carbocycles. The van der Waals surface area contributed by atoms with Gasteiger partial charge in [0.05, 0.1) is 5.69 Å². The first-order valence-electron chi connectivity index (χ1n) is 6.62. The summed E-state index contributed by atoms with van der Waals surface area (Å²) in [7, 11) is 0. The molecule has 1 amide bonds. The number of carbonyl (C=O) groups excluding carboxylic acids is 1. The SMILES string of the molecule is Cc1ccc(NC(=O)c2sc(-c3ccsc3)nc2C)cc1F. The molecule has 2 aromatic heterocycles. The molecule has 0 aliphatic carbocycles. The summed E-state index contributed by atoms with van der Waals surface area (Å²) < 4.78 is 13.5. The molecule has 1 N–H and O–H groups in total. The Morgan fingerprint density at radius 2 is 2.09 bits per heavy atom. The monoisotopic (exact) mass is 332 g/mol. The van der Waals surface area contributed by atoms with Crippen LogP contribution >= 0.6 is 22.7 Å². The molecule has 6 heteroatoms. The molecule has 22 heavy (non-hydrogen) atoms. The van der Waals surface area contributed by atoms with E-state index >= 15 is 0 Å². The van der Waals surface area contributed by atoms with Crippen LogP contribution in [0.3, 0.4) is 0 Å². The molecule has 3 nitrogen and oxygen atoms in total. The summed E-state index contributed by atoms with van der Waals surface area (Å²) in [6.45, 7) is 3.48. The van der Waals surface area contributed by atoms with Crippen molar-refractivity contribution in [2.75, 3.05) is 5.32 Å². The van der Waals surface area contributed by atoms with Crippen LogP contribution in [0.5, 0.6) is 0 Å². The van der Waals surface area contributed by atoms with Crippen LogP contribution < -0.4 is 5.32 Å². The lowest BCUT2D eigenvalue weighted by Crippen LogP contribution is -2.11. The molecule has 0 unspecified atom stereocenters. The van der Waals surface area contributed by atoms with Crippen molar-refractivity contribution in [3.8, 4) is 10.6 Å². The minimum atomic E-state index is -0.335. The summed E-state index contributed by atoms with van der Waals surface area (Å²) in [5.41, 5.74) is 2.68. The van der Waals surface area contributed by atoms with Crippen LogP contribution in [-0.4, -0.2) is 10.9 Å². The maximum absolute atomic E-state index is 13.5. The highest BCUT2D eigenvalue weighted by Crippen LogP contribution is 2.30. The standard InChI is InChI=1S/C16H13FN2OS2/c1-9-3-4-12(7-13(9)17)19-15(20)14-10(2)18-16(22-14)11-5-6-21-8-11/h3-8H,1-2H3,(H,19,20). The Morgan fingerprint density at radius 3 is 2.77 bits per heavy atom. The highest BCUT2D eigenvalue weighted by molar-refractivity contribution is 7.17. The Morgan fingerprint density at radius 1 is 1.27 bits per heavy atom. The van der Waals surface area contributed by atoms with E-state index in [4.69, 9.17) is 0 Å². The summed E-state index contributed by atoms with van der Waals surface area (Å²) in [4.78, 5) is 17.3. The highest BCUT2D eigenvalue weighted by atomic mass is 32.1. The van der Waals surface area contributed by atoms with Gasteiger partial charge < -0.3 is 5.32 Å². The zero-order chi connectivity index (χ0) is 15.7. The predicted octanol–water partition coefficient (Wildman–Crippen LogP) is 4.88. The molecule has 0 atom stereocenters. The first-order chi connectivity index (χ1) is 10.5. The van der Waals surface area contributed by atoms with Gasteiger partial charge in [-0.1, -0.05) is 6.07 Å². The molecule has 0 bridgehead atoms. The third-order valence-corrected chi connectivity index (χ3v) is 5.09. The predicted molar refractivity (Wildman–Crippen MR) is 89.3 cm³/mol. The second-order valence-corrected chi connectivity index (χ2v) is 6.64. The number of nitrogens with zero attached hydrogens (tertiary/aromatic N) is 1. The Hall–Kier alpha value is -2.05. The Kier molecular flexibility index (Phi) is 4.04. The third kappa shape index (κ3) is 2.93. The fraction of sp³-hybridized carbons (Fsp3) is 0.125. The summed E-state index contributed by atoms with van der Waals surface area (Å²) in [6, 6.07) is 6.62. The highest BCUT2D eigenvalue weighted by Gasteiger charge is 2.17. The first-order valence-corrected chi connectivity index (χ1v) is 8.38. The van der Waals surface area contributed by atoms with Crippen molar-refractivity contribution in [2.45, 2.75) is 13.8 Å². The van der Waals surface area contributed by atoms with Crippen molar-refractivity contribution >= 4 is 34.3 Å². The fourth-order valence-electron chi connectivity index (χ4n) is 1.98. The number of hydrogen-bond donors (Lipinski definition) is 1. The molecule has 0 aliphatic heterocycles. The average molecular weight is 332 g/mol. The zero-order valence-corrected chi connectivity index (χ0v) is 13.6. The van der Waals surface area contributed by atoms with Crippen molar-refractivity contribution in [1.29, 1.82) is 0 Å². The van der Waals surface area contributed by atoms with E-state index in [1.165, 1.54) is 17.4 Å². The van der Waals surface area contributed by atoms with Crippen molar-refractivity contribution in [3.63, 3.8) is 0 Å². The van der Waals surface area contributed by atoms with Gasteiger partial charge in [0.25, 0.3) is 5.91 Å². The van der Waals surface area contributed by atoms with Crippen molar-refractivity contribution in [1.82, 2.24) is 4.98 Å². The van der Waals surface area contributed by atoms with E-state index in [0.717, 1.165) is 10.6 Å². The second-order valence-electron chi connectivity index (χ2n) is 4.86. The molecule has 2 heterocycles. The molecule has 3 rings (SSSR count). The largest absolute Gasteiger partial charge is 0.321 e.